The van der Waals surface area contributed by atoms with E-state index in [1.165, 1.54) is 0 Å². The van der Waals surface area contributed by atoms with Crippen LogP contribution in [0.15, 0.2) is 57.9 Å². The number of nitrogens with two attached hydrogens (primary N) is 1. The molecule has 1 fully saturated rings. The van der Waals surface area contributed by atoms with Gasteiger partial charge in [0.05, 0.1) is 17.7 Å². The molecule has 1 saturated heterocycles. The van der Waals surface area contributed by atoms with E-state index in [0.717, 1.165) is 14.9 Å². The van der Waals surface area contributed by atoms with Crippen LogP contribution in [-0.2, 0) is 14.2 Å². The van der Waals surface area contributed by atoms with Crippen molar-refractivity contribution in [2.24, 2.45) is 5.73 Å². The zero-order valence-corrected chi connectivity index (χ0v) is 19.0. The molecule has 0 spiro atoms. The normalized spacial score (nSPS) is 24.4. The average Bonchev–Trinajstić information content (AvgIpc) is 2.67. The molecule has 0 amide bonds. The molecule has 0 saturated carbocycles. The molecule has 2 aromatic rings. The lowest BCUT2D eigenvalue weighted by molar-refractivity contribution is -0.259. The second kappa shape index (κ2) is 10.6. The lowest BCUT2D eigenvalue weighted by Gasteiger charge is -2.36. The molecule has 4 nitrogen and oxygen atoms in total. The van der Waals surface area contributed by atoms with E-state index >= 15 is 0 Å². The molecule has 5 unspecified atom stereocenters. The van der Waals surface area contributed by atoms with Crippen LogP contribution in [0.1, 0.15) is 18.8 Å². The van der Waals surface area contributed by atoms with E-state index < -0.39 is 0 Å². The molecule has 0 bridgehead atoms. The third-order valence-corrected chi connectivity index (χ3v) is 7.70. The average molecular weight is 491 g/mol. The zero-order chi connectivity index (χ0) is 19.2. The first-order valence-corrected chi connectivity index (χ1v) is 11.9. The summed E-state index contributed by atoms with van der Waals surface area (Å²) in [4.78, 5) is 1.04. The van der Waals surface area contributed by atoms with Crippen LogP contribution in [0.2, 0.25) is 5.02 Å². The van der Waals surface area contributed by atoms with E-state index in [2.05, 4.69) is 15.9 Å². The van der Waals surface area contributed by atoms with E-state index in [0.29, 0.717) is 26.5 Å². The number of thioether (sulfide) groups is 1. The second-order valence-corrected chi connectivity index (χ2v) is 10.2. The highest BCUT2D eigenvalue weighted by molar-refractivity contribution is 9.10. The summed E-state index contributed by atoms with van der Waals surface area (Å²) in [6, 6.07) is 15.8. The Morgan fingerprint density at radius 3 is 2.78 bits per heavy atom. The summed E-state index contributed by atoms with van der Waals surface area (Å²) in [7, 11) is 0.459. The Morgan fingerprint density at radius 2 is 2.11 bits per heavy atom. The monoisotopic (exact) mass is 489 g/mol. The van der Waals surface area contributed by atoms with Gasteiger partial charge in [-0.2, -0.15) is 0 Å². The maximum atomic E-state index is 6.29. The van der Waals surface area contributed by atoms with Crippen molar-refractivity contribution >= 4 is 47.9 Å². The van der Waals surface area contributed by atoms with Crippen molar-refractivity contribution in [2.75, 3.05) is 12.9 Å². The van der Waals surface area contributed by atoms with Crippen LogP contribution >= 0.6 is 47.9 Å². The molecule has 1 heterocycles. The van der Waals surface area contributed by atoms with Gasteiger partial charge in [-0.3, -0.25) is 0 Å². The molecule has 1 aliphatic heterocycles. The lowest BCUT2D eigenvalue weighted by atomic mass is 10.1. The topological polar surface area (TPSA) is 53.7 Å². The SMILES string of the molecule is CC1OC(c2ccccc2)OCC1OC(PCN)Sc1ccc(Br)c(Cl)c1. The molecule has 27 heavy (non-hydrogen) atoms. The maximum absolute atomic E-state index is 6.29. The Morgan fingerprint density at radius 1 is 1.33 bits per heavy atom. The third kappa shape index (κ3) is 6.15. The van der Waals surface area contributed by atoms with E-state index in [1.54, 1.807) is 11.8 Å². The highest BCUT2D eigenvalue weighted by atomic mass is 79.9. The van der Waals surface area contributed by atoms with Gasteiger partial charge in [0.1, 0.15) is 11.3 Å². The Kier molecular flexibility index (Phi) is 8.42. The van der Waals surface area contributed by atoms with Crippen molar-refractivity contribution in [3.05, 3.63) is 63.6 Å². The number of rotatable bonds is 7. The summed E-state index contributed by atoms with van der Waals surface area (Å²) >= 11 is 11.2. The van der Waals surface area contributed by atoms with Gasteiger partial charge in [0, 0.05) is 21.2 Å². The van der Waals surface area contributed by atoms with Crippen LogP contribution in [-0.4, -0.2) is 30.3 Å². The lowest BCUT2D eigenvalue weighted by Crippen LogP contribution is -2.41. The minimum absolute atomic E-state index is 0.0693. The first-order valence-electron chi connectivity index (χ1n) is 8.59. The fraction of sp³-hybridized carbons (Fsp3) is 0.368. The van der Waals surface area contributed by atoms with Gasteiger partial charge in [-0.25, -0.2) is 0 Å². The molecule has 8 heteroatoms. The predicted octanol–water partition coefficient (Wildman–Crippen LogP) is 5.59. The van der Waals surface area contributed by atoms with Crippen molar-refractivity contribution in [1.29, 1.82) is 0 Å². The summed E-state index contributed by atoms with van der Waals surface area (Å²) in [5, 5.41) is 0.610. The molecule has 0 aromatic heterocycles. The predicted molar refractivity (Wildman–Crippen MR) is 117 cm³/mol. The zero-order valence-electron chi connectivity index (χ0n) is 14.8. The highest BCUT2D eigenvalue weighted by Gasteiger charge is 2.32. The Balaban J connectivity index is 1.60. The van der Waals surface area contributed by atoms with Gasteiger partial charge in [0.15, 0.2) is 6.29 Å². The highest BCUT2D eigenvalue weighted by Crippen LogP contribution is 2.39. The molecule has 5 atom stereocenters. The summed E-state index contributed by atoms with van der Waals surface area (Å²) in [5.74, 6) is 0. The van der Waals surface area contributed by atoms with Gasteiger partial charge in [-0.15, -0.1) is 0 Å². The number of hydrogen-bond donors (Lipinski definition) is 1. The largest absolute Gasteiger partial charge is 0.355 e. The summed E-state index contributed by atoms with van der Waals surface area (Å²) in [5.41, 5.74) is 6.81. The van der Waals surface area contributed by atoms with Crippen molar-refractivity contribution in [2.45, 2.75) is 35.5 Å². The van der Waals surface area contributed by atoms with E-state index in [-0.39, 0.29) is 23.7 Å². The van der Waals surface area contributed by atoms with E-state index in [9.17, 15) is 0 Å². The molecular weight excluding hydrogens is 469 g/mol. The van der Waals surface area contributed by atoms with Crippen molar-refractivity contribution in [3.8, 4) is 0 Å². The van der Waals surface area contributed by atoms with E-state index in [1.807, 2.05) is 55.5 Å². The molecule has 1 aliphatic rings. The van der Waals surface area contributed by atoms with Gasteiger partial charge in [-0.05, 0) is 41.1 Å². The van der Waals surface area contributed by atoms with Crippen LogP contribution in [0.3, 0.4) is 0 Å². The molecule has 2 aromatic carbocycles. The molecule has 0 aliphatic carbocycles. The van der Waals surface area contributed by atoms with Crippen LogP contribution in [0, 0.1) is 0 Å². The molecule has 3 rings (SSSR count). The Bertz CT molecular complexity index is 742. The van der Waals surface area contributed by atoms with Crippen molar-refractivity contribution < 1.29 is 14.2 Å². The van der Waals surface area contributed by atoms with Gasteiger partial charge < -0.3 is 19.9 Å². The minimum atomic E-state index is -0.352. The quantitative estimate of drug-likeness (QED) is 0.311. The van der Waals surface area contributed by atoms with Crippen LogP contribution in [0.5, 0.6) is 0 Å². The van der Waals surface area contributed by atoms with Crippen LogP contribution in [0.4, 0.5) is 0 Å². The van der Waals surface area contributed by atoms with E-state index in [4.69, 9.17) is 31.5 Å². The van der Waals surface area contributed by atoms with Crippen molar-refractivity contribution in [1.82, 2.24) is 0 Å². The van der Waals surface area contributed by atoms with Gasteiger partial charge >= 0.3 is 0 Å². The van der Waals surface area contributed by atoms with Gasteiger partial charge in [-0.1, -0.05) is 62.3 Å². The molecule has 0 radical (unpaired) electrons. The number of hydrogen-bond acceptors (Lipinski definition) is 5. The van der Waals surface area contributed by atoms with Gasteiger partial charge in [0.25, 0.3) is 0 Å². The smallest absolute Gasteiger partial charge is 0.184 e. The number of benzene rings is 2. The molecule has 146 valence electrons. The first kappa shape index (κ1) is 21.5. The minimum Gasteiger partial charge on any atom is -0.355 e. The fourth-order valence-electron chi connectivity index (χ4n) is 2.62. The molecule has 2 N–H and O–H groups in total. The number of ether oxygens (including phenoxy) is 3. The third-order valence-electron chi connectivity index (χ3n) is 4.06. The second-order valence-electron chi connectivity index (χ2n) is 6.03. The van der Waals surface area contributed by atoms with Gasteiger partial charge in [0.2, 0.25) is 0 Å². The summed E-state index contributed by atoms with van der Waals surface area (Å²) in [6.45, 7) is 2.50. The van der Waals surface area contributed by atoms with Crippen molar-refractivity contribution in [3.63, 3.8) is 0 Å². The molecular formula is C19H22BrClNO3PS. The van der Waals surface area contributed by atoms with Crippen LogP contribution < -0.4 is 5.73 Å². The first-order chi connectivity index (χ1) is 13.1. The maximum Gasteiger partial charge on any atom is 0.184 e. The Hall–Kier alpha value is -0.170. The van der Waals surface area contributed by atoms with Crippen LogP contribution in [0.25, 0.3) is 0 Å². The standard InChI is InChI=1S/C19H22BrClNO3PS/c1-12-17(10-23-18(24-12)13-5-3-2-4-6-13)25-19(26-11-22)27-14-7-8-15(20)16(21)9-14/h2-9,12,17-19,26H,10-11,22H2,1H3. The summed E-state index contributed by atoms with van der Waals surface area (Å²) < 4.78 is 19.1. The number of halogens is 2. The fourth-order valence-corrected chi connectivity index (χ4v) is 5.38. The summed E-state index contributed by atoms with van der Waals surface area (Å²) in [6.07, 6.45) is -0.0119. The Labute approximate surface area is 179 Å².